The minimum atomic E-state index is -1.85. The summed E-state index contributed by atoms with van der Waals surface area (Å²) < 4.78 is 49.1. The van der Waals surface area contributed by atoms with Gasteiger partial charge in [-0.25, -0.2) is 9.46 Å². The van der Waals surface area contributed by atoms with Crippen LogP contribution in [0, 0.1) is 18.3 Å². The van der Waals surface area contributed by atoms with Gasteiger partial charge in [0.15, 0.2) is 6.23 Å². The average Bonchev–Trinajstić information content (AvgIpc) is 3.60. The minimum Gasteiger partial charge on any atom is -0.497 e. The minimum absolute atomic E-state index is 0.0179. The second-order valence-corrected chi connectivity index (χ2v) is 17.2. The lowest BCUT2D eigenvalue weighted by molar-refractivity contribution is -0.180. The smallest absolute Gasteiger partial charge is 0.330 e. The Morgan fingerprint density at radius 2 is 1.40 bits per heavy atom. The van der Waals surface area contributed by atoms with Crippen LogP contribution in [0.4, 0.5) is 0 Å². The molecule has 62 heavy (non-hydrogen) atoms. The molecule has 0 saturated carbocycles. The van der Waals surface area contributed by atoms with Gasteiger partial charge in [-0.15, -0.1) is 0 Å². The zero-order valence-corrected chi connectivity index (χ0v) is 38.4. The lowest BCUT2D eigenvalue weighted by Gasteiger charge is -2.39. The van der Waals surface area contributed by atoms with Gasteiger partial charge in [-0.2, -0.15) is 10.3 Å². The molecule has 1 saturated heterocycles. The summed E-state index contributed by atoms with van der Waals surface area (Å²) in [6.45, 7) is 14.2. The van der Waals surface area contributed by atoms with Crippen LogP contribution in [-0.4, -0.2) is 103 Å². The monoisotopic (exact) mass is 875 g/mol. The Kier molecular flexibility index (Phi) is 17.8. The first kappa shape index (κ1) is 48.6. The van der Waals surface area contributed by atoms with Crippen molar-refractivity contribution in [3.8, 4) is 17.6 Å². The van der Waals surface area contributed by atoms with Crippen LogP contribution in [0.2, 0.25) is 0 Å². The summed E-state index contributed by atoms with van der Waals surface area (Å²) in [7, 11) is 3.23. The standard InChI is InChI=1S/C46H62N5O10P/c1-31(2)49(8)58-28-27-56-42-41(61-62(59-26-14-25-47)51(32(3)4)33(5)6)40(60-44(42)50-29-34(7)43(52)48-45(50)53)30-57-46(35-15-12-11-13-16-35,36-17-21-38(54-9)22-18-36)37-19-23-39(55-10)24-20-37/h11-13,15-24,29,31-33,40-42,44H,14,26-28,30H2,1-10H3,(H,48,52,53)/t40-,41-,42-,44-,62?/m1/s1. The van der Waals surface area contributed by atoms with Crippen LogP contribution in [0.1, 0.15) is 76.4 Å². The van der Waals surface area contributed by atoms with Gasteiger partial charge in [0.1, 0.15) is 35.4 Å². The molecule has 3 aromatic carbocycles. The first-order valence-corrected chi connectivity index (χ1v) is 22.1. The Morgan fingerprint density at radius 3 is 1.94 bits per heavy atom. The van der Waals surface area contributed by atoms with Crippen LogP contribution in [0.5, 0.6) is 11.5 Å². The number of aromatic nitrogens is 2. The van der Waals surface area contributed by atoms with Gasteiger partial charge in [0, 0.05) is 36.9 Å². The fourth-order valence-electron chi connectivity index (χ4n) is 7.34. The first-order valence-electron chi connectivity index (χ1n) is 20.9. The summed E-state index contributed by atoms with van der Waals surface area (Å²) in [5.74, 6) is 1.35. The molecule has 0 amide bonds. The Hall–Kier alpha value is -4.46. The van der Waals surface area contributed by atoms with E-state index in [1.807, 2.05) is 99.8 Å². The molecule has 16 heteroatoms. The van der Waals surface area contributed by atoms with E-state index < -0.39 is 49.9 Å². The van der Waals surface area contributed by atoms with Gasteiger partial charge in [-0.3, -0.25) is 19.2 Å². The van der Waals surface area contributed by atoms with Gasteiger partial charge < -0.3 is 32.7 Å². The molecule has 2 heterocycles. The van der Waals surface area contributed by atoms with E-state index >= 15 is 0 Å². The number of benzene rings is 3. The topological polar surface area (TPSA) is 159 Å². The van der Waals surface area contributed by atoms with Crippen LogP contribution in [0.3, 0.4) is 0 Å². The number of aryl methyl sites for hydroxylation is 1. The normalized spacial score (nSPS) is 18.5. The quantitative estimate of drug-likeness (QED) is 0.0349. The van der Waals surface area contributed by atoms with Gasteiger partial charge in [0.2, 0.25) is 0 Å². The number of methoxy groups -OCH3 is 2. The number of nitrogens with zero attached hydrogens (tertiary/aromatic N) is 4. The lowest BCUT2D eigenvalue weighted by Crippen LogP contribution is -2.44. The molecule has 15 nitrogen and oxygen atoms in total. The maximum absolute atomic E-state index is 13.7. The Balaban J connectivity index is 1.68. The highest BCUT2D eigenvalue weighted by atomic mass is 31.2. The molecule has 336 valence electrons. The number of nitrogens with one attached hydrogen (secondary N) is 1. The average molecular weight is 876 g/mol. The number of hydrogen-bond donors (Lipinski definition) is 1. The van der Waals surface area contributed by atoms with E-state index in [1.54, 1.807) is 26.2 Å². The van der Waals surface area contributed by atoms with Crippen LogP contribution in [0.25, 0.3) is 0 Å². The molecule has 1 aliphatic heterocycles. The predicted molar refractivity (Wildman–Crippen MR) is 237 cm³/mol. The van der Waals surface area contributed by atoms with Crippen LogP contribution in [-0.2, 0) is 33.7 Å². The highest BCUT2D eigenvalue weighted by molar-refractivity contribution is 7.44. The maximum atomic E-state index is 13.7. The van der Waals surface area contributed by atoms with Gasteiger partial charge in [0.25, 0.3) is 14.1 Å². The van der Waals surface area contributed by atoms with Gasteiger partial charge in [0.05, 0.1) is 53.1 Å². The van der Waals surface area contributed by atoms with Crippen molar-refractivity contribution < 1.29 is 37.6 Å². The number of nitriles is 1. The van der Waals surface area contributed by atoms with Crippen LogP contribution in [0.15, 0.2) is 94.6 Å². The van der Waals surface area contributed by atoms with Crippen molar-refractivity contribution in [2.24, 2.45) is 0 Å². The van der Waals surface area contributed by atoms with Crippen molar-refractivity contribution in [1.29, 1.82) is 5.26 Å². The summed E-state index contributed by atoms with van der Waals surface area (Å²) in [6.07, 6.45) is -2.23. The highest BCUT2D eigenvalue weighted by Gasteiger charge is 2.51. The van der Waals surface area contributed by atoms with E-state index in [0.717, 1.165) is 16.7 Å². The van der Waals surface area contributed by atoms with Crippen molar-refractivity contribution in [2.45, 2.75) is 103 Å². The Bertz CT molecular complexity index is 2090. The van der Waals surface area contributed by atoms with Crippen molar-refractivity contribution in [3.05, 3.63) is 128 Å². The number of hydroxylamine groups is 2. The van der Waals surface area contributed by atoms with Gasteiger partial charge >= 0.3 is 5.69 Å². The molecule has 5 rings (SSSR count). The zero-order chi connectivity index (χ0) is 45.0. The van der Waals surface area contributed by atoms with E-state index in [4.69, 9.17) is 37.6 Å². The maximum Gasteiger partial charge on any atom is 0.330 e. The van der Waals surface area contributed by atoms with Crippen molar-refractivity contribution >= 4 is 8.53 Å². The molecule has 0 aliphatic carbocycles. The third-order valence-corrected chi connectivity index (χ3v) is 12.8. The summed E-state index contributed by atoms with van der Waals surface area (Å²) in [5.41, 5.74) is 0.345. The molecular weight excluding hydrogens is 814 g/mol. The highest BCUT2D eigenvalue weighted by Crippen LogP contribution is 2.51. The molecule has 0 bridgehead atoms. The van der Waals surface area contributed by atoms with Crippen molar-refractivity contribution in [2.75, 3.05) is 47.7 Å². The molecule has 4 aromatic rings. The van der Waals surface area contributed by atoms with Gasteiger partial charge in [-0.05, 0) is 89.4 Å². The van der Waals surface area contributed by atoms with E-state index in [0.29, 0.717) is 17.1 Å². The summed E-state index contributed by atoms with van der Waals surface area (Å²) in [4.78, 5) is 34.7. The Morgan fingerprint density at radius 1 is 0.823 bits per heavy atom. The summed E-state index contributed by atoms with van der Waals surface area (Å²) >= 11 is 0. The molecule has 1 aromatic heterocycles. The molecule has 0 radical (unpaired) electrons. The Labute approximate surface area is 366 Å². The van der Waals surface area contributed by atoms with E-state index in [1.165, 1.54) is 10.8 Å². The van der Waals surface area contributed by atoms with E-state index in [-0.39, 0.29) is 51.0 Å². The third-order valence-electron chi connectivity index (χ3n) is 10.6. The first-order chi connectivity index (χ1) is 29.7. The van der Waals surface area contributed by atoms with E-state index in [2.05, 4.69) is 43.4 Å². The van der Waals surface area contributed by atoms with Crippen LogP contribution >= 0.6 is 8.53 Å². The molecule has 1 N–H and O–H groups in total. The summed E-state index contributed by atoms with van der Waals surface area (Å²) in [5, 5.41) is 11.2. The van der Waals surface area contributed by atoms with E-state index in [9.17, 15) is 14.9 Å². The van der Waals surface area contributed by atoms with Crippen LogP contribution < -0.4 is 20.7 Å². The lowest BCUT2D eigenvalue weighted by atomic mass is 9.80. The van der Waals surface area contributed by atoms with Gasteiger partial charge in [-0.1, -0.05) is 54.6 Å². The fourth-order valence-corrected chi connectivity index (χ4v) is 9.11. The second kappa shape index (κ2) is 22.8. The molecule has 1 aliphatic rings. The number of hydrogen-bond acceptors (Lipinski definition) is 13. The second-order valence-electron chi connectivity index (χ2n) is 15.8. The van der Waals surface area contributed by atoms with Crippen molar-refractivity contribution in [1.82, 2.24) is 19.3 Å². The molecule has 1 fully saturated rings. The molecule has 0 spiro atoms. The number of ether oxygens (including phenoxy) is 5. The molecule has 5 atom stereocenters. The molecule has 1 unspecified atom stereocenters. The number of aromatic amines is 1. The zero-order valence-electron chi connectivity index (χ0n) is 37.5. The number of rotatable bonds is 23. The number of H-pyrrole nitrogens is 1. The van der Waals surface area contributed by atoms with Crippen molar-refractivity contribution in [3.63, 3.8) is 0 Å². The largest absolute Gasteiger partial charge is 0.497 e. The molecular formula is C46H62N5O10P. The summed E-state index contributed by atoms with van der Waals surface area (Å²) in [6, 6.07) is 27.6. The SMILES string of the molecule is COc1ccc(C(OC[C@H]2O[C@@H](n3cc(C)c(=O)[nH]c3=O)[C@H](OCCON(C)C(C)C)[C@@H]2OP(OCCC#N)N(C(C)C)C(C)C)(c2ccccc2)c2ccc(OC)cc2)cc1. The predicted octanol–water partition coefficient (Wildman–Crippen LogP) is 7.09. The fraction of sp³-hybridized carbons (Fsp3) is 0.500. The third kappa shape index (κ3) is 11.6.